The van der Waals surface area contributed by atoms with Gasteiger partial charge in [-0.1, -0.05) is 35.8 Å². The van der Waals surface area contributed by atoms with Gasteiger partial charge < -0.3 is 9.14 Å². The molecule has 2 aromatic heterocycles. The fourth-order valence-electron chi connectivity index (χ4n) is 2.77. The van der Waals surface area contributed by atoms with Crippen molar-refractivity contribution in [1.82, 2.24) is 14.1 Å². The van der Waals surface area contributed by atoms with Crippen molar-refractivity contribution in [2.75, 3.05) is 0 Å². The van der Waals surface area contributed by atoms with Gasteiger partial charge in [-0.25, -0.2) is 13.4 Å². The van der Waals surface area contributed by atoms with Crippen molar-refractivity contribution >= 4 is 37.6 Å². The van der Waals surface area contributed by atoms with Crippen molar-refractivity contribution < 1.29 is 17.9 Å². The minimum Gasteiger partial charge on any atom is -0.458 e. The van der Waals surface area contributed by atoms with Crippen molar-refractivity contribution in [3.05, 3.63) is 64.5 Å². The van der Waals surface area contributed by atoms with E-state index in [2.05, 4.69) is 25.6 Å². The lowest BCUT2D eigenvalue weighted by molar-refractivity contribution is -0.148. The molecular weight excluding hydrogens is 458 g/mol. The first-order chi connectivity index (χ1) is 13.7. The standard InChI is InChI=1S/C20H22BrN3O4S/c1-13(2)19(23-29(26,27)17-7-5-15(21)6-8-17)20(25)28-12-16-11-24-10-14(3)4-9-18(24)22-16/h4-11,13,19,23H,12H2,1-3H3. The average Bonchev–Trinajstić information content (AvgIpc) is 3.06. The van der Waals surface area contributed by atoms with Crippen molar-refractivity contribution in [2.24, 2.45) is 5.92 Å². The molecule has 9 heteroatoms. The summed E-state index contributed by atoms with van der Waals surface area (Å²) in [5.41, 5.74) is 2.42. The van der Waals surface area contributed by atoms with Gasteiger partial charge in [-0.15, -0.1) is 0 Å². The summed E-state index contributed by atoms with van der Waals surface area (Å²) >= 11 is 3.27. The summed E-state index contributed by atoms with van der Waals surface area (Å²) < 4.78 is 35.7. The van der Waals surface area contributed by atoms with Crippen LogP contribution >= 0.6 is 15.9 Å². The van der Waals surface area contributed by atoms with Gasteiger partial charge in [0.1, 0.15) is 18.3 Å². The van der Waals surface area contributed by atoms with E-state index in [1.807, 2.05) is 29.7 Å². The molecule has 7 nitrogen and oxygen atoms in total. The monoisotopic (exact) mass is 479 g/mol. The molecule has 3 rings (SSSR count). The smallest absolute Gasteiger partial charge is 0.324 e. The van der Waals surface area contributed by atoms with E-state index in [9.17, 15) is 13.2 Å². The van der Waals surface area contributed by atoms with Crippen LogP contribution in [-0.4, -0.2) is 29.8 Å². The molecule has 0 bridgehead atoms. The molecule has 0 saturated heterocycles. The number of aromatic nitrogens is 2. The highest BCUT2D eigenvalue weighted by Crippen LogP contribution is 2.17. The van der Waals surface area contributed by atoms with Crippen LogP contribution in [0.15, 0.2) is 58.2 Å². The number of fused-ring (bicyclic) bond motifs is 1. The van der Waals surface area contributed by atoms with Gasteiger partial charge in [-0.05, 0) is 48.7 Å². The lowest BCUT2D eigenvalue weighted by Crippen LogP contribution is -2.45. The molecule has 3 aromatic rings. The first-order valence-corrected chi connectivity index (χ1v) is 11.3. The van der Waals surface area contributed by atoms with Gasteiger partial charge in [0, 0.05) is 16.9 Å². The number of carbonyl (C=O) groups is 1. The van der Waals surface area contributed by atoms with Crippen LogP contribution in [0, 0.1) is 12.8 Å². The van der Waals surface area contributed by atoms with Gasteiger partial charge in [0.2, 0.25) is 10.0 Å². The number of pyridine rings is 1. The van der Waals surface area contributed by atoms with Crippen LogP contribution in [0.4, 0.5) is 0 Å². The lowest BCUT2D eigenvalue weighted by Gasteiger charge is -2.20. The highest BCUT2D eigenvalue weighted by molar-refractivity contribution is 9.10. The van der Waals surface area contributed by atoms with Gasteiger partial charge in [-0.3, -0.25) is 4.79 Å². The predicted octanol–water partition coefficient (Wildman–Crippen LogP) is 3.45. The molecule has 1 atom stereocenters. The van der Waals surface area contributed by atoms with E-state index in [0.717, 1.165) is 15.7 Å². The lowest BCUT2D eigenvalue weighted by atomic mass is 10.1. The third kappa shape index (κ3) is 5.23. The highest BCUT2D eigenvalue weighted by atomic mass is 79.9. The quantitative estimate of drug-likeness (QED) is 0.524. The Morgan fingerprint density at radius 1 is 1.17 bits per heavy atom. The van der Waals surface area contributed by atoms with Gasteiger partial charge in [0.15, 0.2) is 0 Å². The van der Waals surface area contributed by atoms with Crippen LogP contribution in [0.3, 0.4) is 0 Å². The predicted molar refractivity (Wildman–Crippen MR) is 113 cm³/mol. The van der Waals surface area contributed by atoms with E-state index in [4.69, 9.17) is 4.74 Å². The molecule has 0 amide bonds. The summed E-state index contributed by atoms with van der Waals surface area (Å²) in [5, 5.41) is 0. The second kappa shape index (κ2) is 8.64. The average molecular weight is 480 g/mol. The molecule has 2 heterocycles. The first kappa shape index (κ1) is 21.5. The first-order valence-electron chi connectivity index (χ1n) is 9.04. The topological polar surface area (TPSA) is 89.8 Å². The normalized spacial score (nSPS) is 13.0. The number of sulfonamides is 1. The summed E-state index contributed by atoms with van der Waals surface area (Å²) in [7, 11) is -3.87. The number of halogens is 1. The zero-order valence-electron chi connectivity index (χ0n) is 16.3. The molecule has 0 aliphatic carbocycles. The maximum Gasteiger partial charge on any atom is 0.324 e. The number of rotatable bonds is 7. The largest absolute Gasteiger partial charge is 0.458 e. The number of carbonyl (C=O) groups excluding carboxylic acids is 1. The van der Waals surface area contributed by atoms with E-state index in [0.29, 0.717) is 5.69 Å². The Balaban J connectivity index is 1.71. The van der Waals surface area contributed by atoms with Crippen molar-refractivity contribution in [3.8, 4) is 0 Å². The third-order valence-corrected chi connectivity index (χ3v) is 6.32. The number of esters is 1. The molecule has 0 radical (unpaired) electrons. The SMILES string of the molecule is Cc1ccc2nc(COC(=O)C(NS(=O)(=O)c3ccc(Br)cc3)C(C)C)cn2c1. The Kier molecular flexibility index (Phi) is 6.40. The highest BCUT2D eigenvalue weighted by Gasteiger charge is 2.29. The summed E-state index contributed by atoms with van der Waals surface area (Å²) in [5.74, 6) is -0.939. The maximum atomic E-state index is 12.6. The molecule has 1 unspecified atom stereocenters. The van der Waals surface area contributed by atoms with E-state index >= 15 is 0 Å². The molecule has 154 valence electrons. The van der Waals surface area contributed by atoms with Gasteiger partial charge in [-0.2, -0.15) is 4.72 Å². The molecule has 0 saturated carbocycles. The molecular formula is C20H22BrN3O4S. The van der Waals surface area contributed by atoms with Crippen LogP contribution in [-0.2, 0) is 26.2 Å². The molecule has 1 aromatic carbocycles. The van der Waals surface area contributed by atoms with Crippen LogP contribution in [0.2, 0.25) is 0 Å². The zero-order valence-corrected chi connectivity index (χ0v) is 18.7. The van der Waals surface area contributed by atoms with E-state index < -0.39 is 22.0 Å². The number of hydrogen-bond acceptors (Lipinski definition) is 5. The minimum absolute atomic E-state index is 0.0389. The molecule has 0 spiro atoms. The summed E-state index contributed by atoms with van der Waals surface area (Å²) in [4.78, 5) is 17.1. The molecule has 0 fully saturated rings. The Labute approximate surface area is 178 Å². The number of benzene rings is 1. The van der Waals surface area contributed by atoms with Crippen LogP contribution in [0.25, 0.3) is 5.65 Å². The van der Waals surface area contributed by atoms with E-state index in [1.54, 1.807) is 32.2 Å². The third-order valence-electron chi connectivity index (χ3n) is 4.34. The number of nitrogens with one attached hydrogen (secondary N) is 1. The Bertz CT molecular complexity index is 1120. The molecule has 0 aliphatic rings. The zero-order chi connectivity index (χ0) is 21.2. The molecule has 0 aliphatic heterocycles. The fraction of sp³-hybridized carbons (Fsp3) is 0.300. The van der Waals surface area contributed by atoms with Crippen molar-refractivity contribution in [2.45, 2.75) is 38.3 Å². The van der Waals surface area contributed by atoms with Crippen LogP contribution in [0.5, 0.6) is 0 Å². The van der Waals surface area contributed by atoms with E-state index in [1.165, 1.54) is 12.1 Å². The number of imidazole rings is 1. The Hall–Kier alpha value is -2.23. The minimum atomic E-state index is -3.87. The maximum absolute atomic E-state index is 12.6. The second-order valence-electron chi connectivity index (χ2n) is 7.11. The number of ether oxygens (including phenoxy) is 1. The van der Waals surface area contributed by atoms with Crippen LogP contribution < -0.4 is 4.72 Å². The Morgan fingerprint density at radius 2 is 1.86 bits per heavy atom. The van der Waals surface area contributed by atoms with Crippen molar-refractivity contribution in [1.29, 1.82) is 0 Å². The molecule has 29 heavy (non-hydrogen) atoms. The molecule has 1 N–H and O–H groups in total. The summed E-state index contributed by atoms with van der Waals surface area (Å²) in [6, 6.07) is 9.00. The van der Waals surface area contributed by atoms with Crippen LogP contribution in [0.1, 0.15) is 25.1 Å². The van der Waals surface area contributed by atoms with Gasteiger partial charge >= 0.3 is 5.97 Å². The second-order valence-corrected chi connectivity index (χ2v) is 9.74. The Morgan fingerprint density at radius 3 is 2.52 bits per heavy atom. The van der Waals surface area contributed by atoms with Gasteiger partial charge in [0.25, 0.3) is 0 Å². The van der Waals surface area contributed by atoms with Crippen molar-refractivity contribution in [3.63, 3.8) is 0 Å². The fourth-order valence-corrected chi connectivity index (χ4v) is 4.36. The van der Waals surface area contributed by atoms with Gasteiger partial charge in [0.05, 0.1) is 10.6 Å². The summed E-state index contributed by atoms with van der Waals surface area (Å²) in [6.45, 7) is 5.44. The number of nitrogens with zero attached hydrogens (tertiary/aromatic N) is 2. The summed E-state index contributed by atoms with van der Waals surface area (Å²) in [6.07, 6.45) is 3.71. The van der Waals surface area contributed by atoms with E-state index in [-0.39, 0.29) is 17.4 Å². The number of aryl methyl sites for hydroxylation is 1. The number of hydrogen-bond donors (Lipinski definition) is 1.